The summed E-state index contributed by atoms with van der Waals surface area (Å²) >= 11 is 0. The molecule has 0 spiro atoms. The first-order valence-electron chi connectivity index (χ1n) is 7.65. The fourth-order valence-corrected chi connectivity index (χ4v) is 2.25. The van der Waals surface area contributed by atoms with Crippen molar-refractivity contribution in [3.8, 4) is 17.2 Å². The summed E-state index contributed by atoms with van der Waals surface area (Å²) in [5.74, 6) is 2.35. The molecule has 1 aromatic carbocycles. The first-order valence-corrected chi connectivity index (χ1v) is 7.65. The second-order valence-corrected chi connectivity index (χ2v) is 4.81. The summed E-state index contributed by atoms with van der Waals surface area (Å²) in [5, 5.41) is 0. The van der Waals surface area contributed by atoms with Gasteiger partial charge in [0.05, 0.1) is 26.4 Å². The maximum Gasteiger partial charge on any atom is 0.126 e. The molecule has 2 rings (SSSR count). The van der Waals surface area contributed by atoms with E-state index in [0.717, 1.165) is 50.1 Å². The standard InChI is InChI=1S/C16H25NO4.ClH/c1-3-19-14-11-15(20-4-2)13-16(12-14)21-10-7-17-5-8-18-9-6-17;/h11-13H,3-10H2,1-2H3;1H. The lowest BCUT2D eigenvalue weighted by Gasteiger charge is -2.26. The van der Waals surface area contributed by atoms with E-state index in [1.807, 2.05) is 32.0 Å². The van der Waals surface area contributed by atoms with Crippen molar-refractivity contribution in [2.75, 3.05) is 52.7 Å². The van der Waals surface area contributed by atoms with Crippen LogP contribution >= 0.6 is 12.4 Å². The SMILES string of the molecule is CCOc1cc(OCC)cc(OCCN2CCOCC2)c1.Cl. The Hall–Kier alpha value is -1.17. The highest BCUT2D eigenvalue weighted by atomic mass is 35.5. The van der Waals surface area contributed by atoms with Gasteiger partial charge < -0.3 is 18.9 Å². The quantitative estimate of drug-likeness (QED) is 0.732. The Morgan fingerprint density at radius 2 is 1.41 bits per heavy atom. The highest BCUT2D eigenvalue weighted by molar-refractivity contribution is 5.85. The van der Waals surface area contributed by atoms with Crippen LogP contribution in [0, 0.1) is 0 Å². The molecular weight excluding hydrogens is 306 g/mol. The first-order chi connectivity index (χ1) is 10.3. The van der Waals surface area contributed by atoms with Crippen LogP contribution in [0.15, 0.2) is 18.2 Å². The molecule has 22 heavy (non-hydrogen) atoms. The van der Waals surface area contributed by atoms with Gasteiger partial charge in [-0.2, -0.15) is 0 Å². The lowest BCUT2D eigenvalue weighted by atomic mass is 10.3. The van der Waals surface area contributed by atoms with Crippen molar-refractivity contribution in [3.63, 3.8) is 0 Å². The number of hydrogen-bond acceptors (Lipinski definition) is 5. The van der Waals surface area contributed by atoms with Crippen LogP contribution < -0.4 is 14.2 Å². The van der Waals surface area contributed by atoms with Crippen LogP contribution in [0.2, 0.25) is 0 Å². The highest BCUT2D eigenvalue weighted by Crippen LogP contribution is 2.28. The number of ether oxygens (including phenoxy) is 4. The normalized spacial score (nSPS) is 15.0. The maximum atomic E-state index is 5.84. The van der Waals surface area contributed by atoms with E-state index in [0.29, 0.717) is 19.8 Å². The van der Waals surface area contributed by atoms with Gasteiger partial charge >= 0.3 is 0 Å². The van der Waals surface area contributed by atoms with Crippen molar-refractivity contribution in [2.45, 2.75) is 13.8 Å². The Morgan fingerprint density at radius 3 is 1.91 bits per heavy atom. The zero-order chi connectivity index (χ0) is 14.9. The number of halogens is 1. The Bertz CT molecular complexity index is 400. The van der Waals surface area contributed by atoms with E-state index in [9.17, 15) is 0 Å². The number of morpholine rings is 1. The predicted molar refractivity (Wildman–Crippen MR) is 88.8 cm³/mol. The van der Waals surface area contributed by atoms with Crippen molar-refractivity contribution in [1.29, 1.82) is 0 Å². The summed E-state index contributed by atoms with van der Waals surface area (Å²) in [4.78, 5) is 2.35. The minimum absolute atomic E-state index is 0. The van der Waals surface area contributed by atoms with Gasteiger partial charge in [0.2, 0.25) is 0 Å². The monoisotopic (exact) mass is 331 g/mol. The summed E-state index contributed by atoms with van der Waals surface area (Å²) in [5.41, 5.74) is 0. The molecule has 5 nitrogen and oxygen atoms in total. The van der Waals surface area contributed by atoms with Gasteiger partial charge in [-0.1, -0.05) is 0 Å². The third kappa shape index (κ3) is 6.30. The summed E-state index contributed by atoms with van der Waals surface area (Å²) in [7, 11) is 0. The van der Waals surface area contributed by atoms with Crippen LogP contribution in [-0.2, 0) is 4.74 Å². The molecule has 0 N–H and O–H groups in total. The van der Waals surface area contributed by atoms with Gasteiger partial charge in [-0.25, -0.2) is 0 Å². The Balaban J connectivity index is 0.00000242. The molecule has 1 saturated heterocycles. The zero-order valence-corrected chi connectivity index (χ0v) is 14.2. The fraction of sp³-hybridized carbons (Fsp3) is 0.625. The van der Waals surface area contributed by atoms with Gasteiger partial charge in [0, 0.05) is 37.8 Å². The topological polar surface area (TPSA) is 40.2 Å². The van der Waals surface area contributed by atoms with Crippen LogP contribution in [0.4, 0.5) is 0 Å². The molecule has 1 fully saturated rings. The molecule has 6 heteroatoms. The van der Waals surface area contributed by atoms with Gasteiger partial charge in [0.25, 0.3) is 0 Å². The minimum atomic E-state index is 0. The van der Waals surface area contributed by atoms with E-state index in [1.54, 1.807) is 0 Å². The van der Waals surface area contributed by atoms with Crippen LogP contribution in [0.3, 0.4) is 0 Å². The van der Waals surface area contributed by atoms with Crippen LogP contribution in [0.1, 0.15) is 13.8 Å². The van der Waals surface area contributed by atoms with E-state index in [2.05, 4.69) is 4.90 Å². The van der Waals surface area contributed by atoms with Crippen LogP contribution in [0.5, 0.6) is 17.2 Å². The van der Waals surface area contributed by atoms with E-state index in [1.165, 1.54) is 0 Å². The van der Waals surface area contributed by atoms with Gasteiger partial charge in [-0.05, 0) is 13.8 Å². The molecule has 0 saturated carbocycles. The Morgan fingerprint density at radius 1 is 0.909 bits per heavy atom. The molecule has 0 radical (unpaired) electrons. The number of benzene rings is 1. The Labute approximate surface area is 138 Å². The number of nitrogens with zero attached hydrogens (tertiary/aromatic N) is 1. The lowest BCUT2D eigenvalue weighted by molar-refractivity contribution is 0.0322. The summed E-state index contributed by atoms with van der Waals surface area (Å²) < 4.78 is 22.3. The molecule has 0 aliphatic carbocycles. The minimum Gasteiger partial charge on any atom is -0.494 e. The summed E-state index contributed by atoms with van der Waals surface area (Å²) in [6.07, 6.45) is 0. The molecule has 1 aliphatic rings. The molecule has 1 aromatic rings. The fourth-order valence-electron chi connectivity index (χ4n) is 2.25. The van der Waals surface area contributed by atoms with Gasteiger partial charge in [0.15, 0.2) is 0 Å². The van der Waals surface area contributed by atoms with Crippen molar-refractivity contribution >= 4 is 12.4 Å². The van der Waals surface area contributed by atoms with Gasteiger partial charge in [-0.3, -0.25) is 4.90 Å². The van der Waals surface area contributed by atoms with E-state index < -0.39 is 0 Å². The molecule has 0 bridgehead atoms. The number of rotatable bonds is 8. The van der Waals surface area contributed by atoms with E-state index in [4.69, 9.17) is 18.9 Å². The van der Waals surface area contributed by atoms with Crippen LogP contribution in [-0.4, -0.2) is 57.6 Å². The Kier molecular flexibility index (Phi) is 9.04. The van der Waals surface area contributed by atoms with Crippen molar-refractivity contribution in [2.24, 2.45) is 0 Å². The van der Waals surface area contributed by atoms with Gasteiger partial charge in [-0.15, -0.1) is 12.4 Å². The second kappa shape index (κ2) is 10.5. The largest absolute Gasteiger partial charge is 0.494 e. The third-order valence-corrected chi connectivity index (χ3v) is 3.26. The first kappa shape index (κ1) is 18.9. The van der Waals surface area contributed by atoms with Gasteiger partial charge in [0.1, 0.15) is 23.9 Å². The highest BCUT2D eigenvalue weighted by Gasteiger charge is 2.10. The molecule has 1 aliphatic heterocycles. The van der Waals surface area contributed by atoms with Crippen molar-refractivity contribution in [3.05, 3.63) is 18.2 Å². The molecule has 0 unspecified atom stereocenters. The molecule has 1 heterocycles. The average molecular weight is 332 g/mol. The molecule has 0 amide bonds. The predicted octanol–water partition coefficient (Wildman–Crippen LogP) is 2.62. The third-order valence-electron chi connectivity index (χ3n) is 3.26. The average Bonchev–Trinajstić information content (AvgIpc) is 2.49. The van der Waals surface area contributed by atoms with E-state index >= 15 is 0 Å². The lowest BCUT2D eigenvalue weighted by Crippen LogP contribution is -2.38. The van der Waals surface area contributed by atoms with E-state index in [-0.39, 0.29) is 12.4 Å². The molecule has 0 atom stereocenters. The van der Waals surface area contributed by atoms with Crippen molar-refractivity contribution < 1.29 is 18.9 Å². The second-order valence-electron chi connectivity index (χ2n) is 4.81. The summed E-state index contributed by atoms with van der Waals surface area (Å²) in [6, 6.07) is 5.71. The number of hydrogen-bond donors (Lipinski definition) is 0. The molecular formula is C16H26ClNO4. The smallest absolute Gasteiger partial charge is 0.126 e. The maximum absolute atomic E-state index is 5.84. The van der Waals surface area contributed by atoms with Crippen LogP contribution in [0.25, 0.3) is 0 Å². The zero-order valence-electron chi connectivity index (χ0n) is 13.4. The molecule has 0 aromatic heterocycles. The molecule has 126 valence electrons. The summed E-state index contributed by atoms with van der Waals surface area (Å²) in [6.45, 7) is 10.3. The van der Waals surface area contributed by atoms with Crippen molar-refractivity contribution in [1.82, 2.24) is 4.90 Å².